The Kier molecular flexibility index (Phi) is 7.51. The number of fused-ring (bicyclic) bond motifs is 2. The van der Waals surface area contributed by atoms with Gasteiger partial charge in [-0.3, -0.25) is 4.57 Å². The quantitative estimate of drug-likeness (QED) is 0.279. The lowest BCUT2D eigenvalue weighted by Gasteiger charge is -2.23. The van der Waals surface area contributed by atoms with Crippen molar-refractivity contribution in [2.45, 2.75) is 56.6 Å². The number of imidazole rings is 1. The van der Waals surface area contributed by atoms with Gasteiger partial charge < -0.3 is 36.2 Å². The zero-order chi connectivity index (χ0) is 25.9. The summed E-state index contributed by atoms with van der Waals surface area (Å²) in [4.78, 5) is 26.7. The molecule has 12 nitrogen and oxygen atoms in total. The van der Waals surface area contributed by atoms with Crippen molar-refractivity contribution in [3.63, 3.8) is 0 Å². The van der Waals surface area contributed by atoms with Crippen LogP contribution < -0.4 is 16.4 Å². The molecule has 1 saturated heterocycles. The first kappa shape index (κ1) is 25.3. The largest absolute Gasteiger partial charge is 0.387 e. The van der Waals surface area contributed by atoms with Crippen molar-refractivity contribution in [3.05, 3.63) is 42.0 Å². The Hall–Kier alpha value is -3.32. The number of nitrogens with two attached hydrogens (primary N) is 1. The molecule has 0 spiro atoms. The Labute approximate surface area is 214 Å². The predicted molar refractivity (Wildman–Crippen MR) is 138 cm³/mol. The number of carbonyl (C=O) groups is 1. The van der Waals surface area contributed by atoms with Gasteiger partial charge >= 0.3 is 6.03 Å². The van der Waals surface area contributed by atoms with Crippen LogP contribution in [0.5, 0.6) is 0 Å². The van der Waals surface area contributed by atoms with Crippen molar-refractivity contribution in [2.24, 2.45) is 0 Å². The van der Waals surface area contributed by atoms with Gasteiger partial charge in [0, 0.05) is 18.8 Å². The summed E-state index contributed by atoms with van der Waals surface area (Å²) < 4.78 is 7.57. The molecule has 1 aromatic carbocycles. The Balaban J connectivity index is 1.08. The van der Waals surface area contributed by atoms with E-state index in [1.807, 2.05) is 24.1 Å². The summed E-state index contributed by atoms with van der Waals surface area (Å²) >= 11 is 0. The molecule has 0 radical (unpaired) electrons. The van der Waals surface area contributed by atoms with Gasteiger partial charge in [0.1, 0.15) is 30.2 Å². The molecule has 1 fully saturated rings. The van der Waals surface area contributed by atoms with Crippen molar-refractivity contribution in [1.29, 1.82) is 0 Å². The summed E-state index contributed by atoms with van der Waals surface area (Å²) in [7, 11) is 1.91. The fourth-order valence-corrected chi connectivity index (χ4v) is 5.18. The molecular weight excluding hydrogens is 476 g/mol. The summed E-state index contributed by atoms with van der Waals surface area (Å²) in [5.41, 5.74) is 10.2. The van der Waals surface area contributed by atoms with E-state index in [0.717, 1.165) is 24.9 Å². The number of carbonyl (C=O) groups excluding carboxylic acids is 1. The van der Waals surface area contributed by atoms with E-state index in [9.17, 15) is 15.0 Å². The lowest BCUT2D eigenvalue weighted by atomic mass is 9.90. The highest BCUT2D eigenvalue weighted by atomic mass is 16.6. The van der Waals surface area contributed by atoms with E-state index >= 15 is 0 Å². The lowest BCUT2D eigenvalue weighted by Crippen LogP contribution is -2.39. The number of hydrogen-bond acceptors (Lipinski definition) is 9. The van der Waals surface area contributed by atoms with E-state index in [4.69, 9.17) is 10.5 Å². The van der Waals surface area contributed by atoms with Crippen molar-refractivity contribution >= 4 is 28.7 Å². The molecule has 1 aliphatic heterocycles. The van der Waals surface area contributed by atoms with E-state index in [1.54, 1.807) is 4.57 Å². The number of aliphatic hydroxyl groups is 2. The number of amides is 2. The average molecular weight is 511 g/mol. The zero-order valence-electron chi connectivity index (χ0n) is 20.9. The smallest absolute Gasteiger partial charge is 0.319 e. The summed E-state index contributed by atoms with van der Waals surface area (Å²) in [5.74, 6) is 0.235. The molecule has 2 amide bonds. The normalized spacial score (nSPS) is 23.4. The highest BCUT2D eigenvalue weighted by Crippen LogP contribution is 2.32. The van der Waals surface area contributed by atoms with E-state index in [-0.39, 0.29) is 11.8 Å². The Morgan fingerprint density at radius 2 is 2.05 bits per heavy atom. The van der Waals surface area contributed by atoms with Gasteiger partial charge in [0.05, 0.1) is 6.33 Å². The number of rotatable bonds is 8. The molecule has 198 valence electrons. The van der Waals surface area contributed by atoms with Crippen LogP contribution in [0.4, 0.5) is 16.3 Å². The molecule has 12 heteroatoms. The molecule has 6 N–H and O–H groups in total. The molecular formula is C25H34N8O4. The summed E-state index contributed by atoms with van der Waals surface area (Å²) in [5, 5.41) is 27.2. The molecule has 3 heterocycles. The minimum atomic E-state index is -1.15. The Morgan fingerprint density at radius 3 is 2.92 bits per heavy atom. The molecule has 4 atom stereocenters. The summed E-state index contributed by atoms with van der Waals surface area (Å²) in [6.45, 7) is 1.58. The summed E-state index contributed by atoms with van der Waals surface area (Å²) in [6, 6.07) is 5.88. The van der Waals surface area contributed by atoms with Crippen LogP contribution in [0.15, 0.2) is 30.9 Å². The molecule has 0 bridgehead atoms. The van der Waals surface area contributed by atoms with Crippen molar-refractivity contribution in [3.8, 4) is 0 Å². The first-order chi connectivity index (χ1) is 17.9. The number of nitrogens with zero attached hydrogens (tertiary/aromatic N) is 5. The first-order valence-corrected chi connectivity index (χ1v) is 12.7. The van der Waals surface area contributed by atoms with Gasteiger partial charge in [-0.2, -0.15) is 0 Å². The number of nitrogen functional groups attached to an aromatic ring is 1. The third kappa shape index (κ3) is 5.37. The fraction of sp³-hybridized carbons (Fsp3) is 0.520. The number of hydrogen-bond donors (Lipinski definition) is 5. The number of aliphatic hydroxyl groups excluding tert-OH is 2. The van der Waals surface area contributed by atoms with Gasteiger partial charge in [0.25, 0.3) is 0 Å². The topological polar surface area (TPSA) is 164 Å². The molecule has 3 aromatic rings. The monoisotopic (exact) mass is 510 g/mol. The standard InChI is InChI=1S/C25H34N8O4/c1-32(11-5-10-27-25(36)31-17-9-4-7-15-6-2-3-8-16(15)17)12-18-20(34)21(35)24(37-18)33-14-30-19-22(26)28-13-29-23(19)33/h4,7,9,13-14,18,20-21,24,34-35H,2-3,5-6,8,10-12H2,1H3,(H2,26,28,29)(H2,27,31,36)/t18?,20-,21-,24-/m1/s1. The third-order valence-corrected chi connectivity index (χ3v) is 7.14. The maximum Gasteiger partial charge on any atom is 0.319 e. The Morgan fingerprint density at radius 1 is 1.22 bits per heavy atom. The lowest BCUT2D eigenvalue weighted by molar-refractivity contribution is -0.0421. The second-order valence-corrected chi connectivity index (χ2v) is 9.78. The summed E-state index contributed by atoms with van der Waals surface area (Å²) in [6.07, 6.45) is 4.24. The number of aromatic nitrogens is 4. The molecule has 1 aliphatic carbocycles. The molecule has 2 aromatic heterocycles. The van der Waals surface area contributed by atoms with Crippen LogP contribution in [0.2, 0.25) is 0 Å². The van der Waals surface area contributed by atoms with Crippen molar-refractivity contribution in [2.75, 3.05) is 37.7 Å². The van der Waals surface area contributed by atoms with Crippen LogP contribution in [0.1, 0.15) is 36.6 Å². The van der Waals surface area contributed by atoms with Gasteiger partial charge in [0.2, 0.25) is 0 Å². The van der Waals surface area contributed by atoms with Gasteiger partial charge in [-0.15, -0.1) is 0 Å². The molecule has 2 aliphatic rings. The maximum atomic E-state index is 12.4. The van der Waals surface area contributed by atoms with Crippen LogP contribution in [-0.4, -0.2) is 85.7 Å². The number of anilines is 2. The van der Waals surface area contributed by atoms with Crippen LogP contribution in [0, 0.1) is 0 Å². The number of benzene rings is 1. The Bertz CT molecular complexity index is 1250. The van der Waals surface area contributed by atoms with Gasteiger partial charge in [-0.1, -0.05) is 12.1 Å². The number of aryl methyl sites for hydroxylation is 1. The van der Waals surface area contributed by atoms with Gasteiger partial charge in [-0.25, -0.2) is 19.7 Å². The average Bonchev–Trinajstić information content (AvgIpc) is 3.44. The molecule has 5 rings (SSSR count). The van der Waals surface area contributed by atoms with Crippen LogP contribution in [0.3, 0.4) is 0 Å². The van der Waals surface area contributed by atoms with Crippen molar-refractivity contribution in [1.82, 2.24) is 29.7 Å². The molecule has 1 unspecified atom stereocenters. The van der Waals surface area contributed by atoms with Crippen LogP contribution in [-0.2, 0) is 17.6 Å². The second-order valence-electron chi connectivity index (χ2n) is 9.78. The second kappa shape index (κ2) is 11.0. The van der Waals surface area contributed by atoms with Crippen LogP contribution in [0.25, 0.3) is 11.2 Å². The highest BCUT2D eigenvalue weighted by Gasteiger charge is 2.44. The van der Waals surface area contributed by atoms with Crippen LogP contribution >= 0.6 is 0 Å². The van der Waals surface area contributed by atoms with Gasteiger partial charge in [0.15, 0.2) is 17.7 Å². The van der Waals surface area contributed by atoms with E-state index in [0.29, 0.717) is 37.2 Å². The first-order valence-electron chi connectivity index (χ1n) is 12.7. The number of urea groups is 1. The van der Waals surface area contributed by atoms with Gasteiger partial charge in [-0.05, 0) is 62.9 Å². The van der Waals surface area contributed by atoms with E-state index < -0.39 is 24.5 Å². The number of ether oxygens (including phenoxy) is 1. The maximum absolute atomic E-state index is 12.4. The minimum Gasteiger partial charge on any atom is -0.387 e. The number of nitrogens with one attached hydrogen (secondary N) is 2. The zero-order valence-corrected chi connectivity index (χ0v) is 20.9. The van der Waals surface area contributed by atoms with E-state index in [2.05, 4.69) is 31.7 Å². The molecule has 37 heavy (non-hydrogen) atoms. The van der Waals surface area contributed by atoms with E-state index in [1.165, 1.54) is 30.2 Å². The fourth-order valence-electron chi connectivity index (χ4n) is 5.18. The third-order valence-electron chi connectivity index (χ3n) is 7.14. The van der Waals surface area contributed by atoms with Crippen molar-refractivity contribution < 1.29 is 19.7 Å². The highest BCUT2D eigenvalue weighted by molar-refractivity contribution is 5.90. The molecule has 0 saturated carbocycles. The SMILES string of the molecule is CN(CCCNC(=O)Nc1cccc2c1CCCC2)CC1O[C@@H](n2cnc3c(N)ncnc32)[C@H](O)[C@@H]1O. The minimum absolute atomic E-state index is 0.209. The number of likely N-dealkylation sites (N-methyl/N-ethyl adjacent to an activating group) is 1. The predicted octanol–water partition coefficient (Wildman–Crippen LogP) is 1.05.